The number of unbranched alkanes of at least 4 members (excludes halogenated alkanes) is 1. The molecule has 0 radical (unpaired) electrons. The number of hydrogen-bond acceptors (Lipinski definition) is 2. The van der Waals surface area contributed by atoms with Crippen LogP contribution in [0.3, 0.4) is 0 Å². The van der Waals surface area contributed by atoms with Crippen LogP contribution in [0.1, 0.15) is 26.7 Å². The van der Waals surface area contributed by atoms with Crippen LogP contribution in [-0.2, 0) is 9.63 Å². The van der Waals surface area contributed by atoms with Crippen molar-refractivity contribution in [1.82, 2.24) is 0 Å². The van der Waals surface area contributed by atoms with Gasteiger partial charge in [0.05, 0.1) is 0 Å². The third kappa shape index (κ3) is 7.32. The van der Waals surface area contributed by atoms with E-state index in [1.807, 2.05) is 14.1 Å². The highest BCUT2D eigenvalue weighted by molar-refractivity contribution is 5.86. The van der Waals surface area contributed by atoms with E-state index in [-0.39, 0.29) is 34.6 Å². The number of nitrogens with zero attached hydrogens (tertiary/aromatic N) is 1. The van der Waals surface area contributed by atoms with Gasteiger partial charge in [0.2, 0.25) is 0 Å². The third-order valence-electron chi connectivity index (χ3n) is 1.73. The normalized spacial score (nSPS) is 10.3. The molecule has 0 N–H and O–H groups in total. The summed E-state index contributed by atoms with van der Waals surface area (Å²) < 4.78 is 0.277. The van der Waals surface area contributed by atoms with E-state index in [2.05, 4.69) is 13.5 Å². The van der Waals surface area contributed by atoms with E-state index in [1.165, 1.54) is 0 Å². The molecule has 0 fully saturated rings. The number of hydroxylamine groups is 3. The Morgan fingerprint density at radius 1 is 1.43 bits per heavy atom. The summed E-state index contributed by atoms with van der Waals surface area (Å²) in [5.74, 6) is -0.318. The Kier molecular flexibility index (Phi) is 8.43. The average molecular weight is 313 g/mol. The molecule has 0 aliphatic carbocycles. The molecule has 0 unspecified atom stereocenters. The van der Waals surface area contributed by atoms with E-state index in [9.17, 15) is 4.79 Å². The van der Waals surface area contributed by atoms with Gasteiger partial charge < -0.3 is 24.0 Å². The van der Waals surface area contributed by atoms with Gasteiger partial charge in [0, 0.05) is 5.57 Å². The molecule has 14 heavy (non-hydrogen) atoms. The molecular weight excluding hydrogens is 293 g/mol. The molecule has 0 aromatic heterocycles. The molecule has 0 atom stereocenters. The van der Waals surface area contributed by atoms with Crippen LogP contribution in [0.5, 0.6) is 0 Å². The highest BCUT2D eigenvalue weighted by Gasteiger charge is 2.21. The molecule has 0 aromatic carbocycles. The van der Waals surface area contributed by atoms with Gasteiger partial charge in [-0.05, 0) is 13.3 Å². The maximum absolute atomic E-state index is 11.2. The molecular formula is C10H20INO2. The number of hydrogen-bond donors (Lipinski definition) is 0. The topological polar surface area (TPSA) is 26.3 Å². The first kappa shape index (κ1) is 16.3. The number of halogens is 1. The molecule has 0 heterocycles. The van der Waals surface area contributed by atoms with Gasteiger partial charge >= 0.3 is 5.97 Å². The van der Waals surface area contributed by atoms with Crippen LogP contribution >= 0.6 is 0 Å². The Morgan fingerprint density at radius 3 is 2.29 bits per heavy atom. The van der Waals surface area contributed by atoms with Crippen LogP contribution in [0.2, 0.25) is 0 Å². The van der Waals surface area contributed by atoms with Crippen molar-refractivity contribution >= 4 is 5.97 Å². The summed E-state index contributed by atoms with van der Waals surface area (Å²) in [5, 5.41) is 0. The summed E-state index contributed by atoms with van der Waals surface area (Å²) in [7, 11) is 3.74. The van der Waals surface area contributed by atoms with Crippen LogP contribution in [0.15, 0.2) is 12.2 Å². The van der Waals surface area contributed by atoms with Crippen molar-refractivity contribution in [2.75, 3.05) is 20.6 Å². The fraction of sp³-hybridized carbons (Fsp3) is 0.700. The molecule has 0 aliphatic heterocycles. The Bertz CT molecular complexity index is 202. The monoisotopic (exact) mass is 313 g/mol. The molecule has 0 aromatic rings. The molecule has 4 heteroatoms. The molecule has 0 saturated carbocycles. The highest BCUT2D eigenvalue weighted by Crippen LogP contribution is 2.05. The first-order valence-electron chi connectivity index (χ1n) is 4.61. The molecule has 3 nitrogen and oxygen atoms in total. The fourth-order valence-corrected chi connectivity index (χ4v) is 0.887. The predicted octanol–water partition coefficient (Wildman–Crippen LogP) is -1.10. The molecule has 0 aliphatic rings. The standard InChI is InChI=1S/C10H20NO2.HI/c1-6-7-8-11(4,5)13-10(12)9(2)3;/h2,6-8H2,1,3-5H3;1H/q+1;/p-1. The van der Waals surface area contributed by atoms with E-state index in [0.29, 0.717) is 5.57 Å². The smallest absolute Gasteiger partial charge is 0.392 e. The quantitative estimate of drug-likeness (QED) is 0.279. The van der Waals surface area contributed by atoms with Gasteiger partial charge in [-0.3, -0.25) is 4.84 Å². The number of rotatable bonds is 5. The fourth-order valence-electron chi connectivity index (χ4n) is 0.887. The molecule has 0 rings (SSSR count). The summed E-state index contributed by atoms with van der Waals surface area (Å²) in [6.07, 6.45) is 2.16. The van der Waals surface area contributed by atoms with E-state index in [0.717, 1.165) is 19.4 Å². The second kappa shape index (κ2) is 7.23. The van der Waals surface area contributed by atoms with Gasteiger partial charge in [0.15, 0.2) is 0 Å². The summed E-state index contributed by atoms with van der Waals surface area (Å²) in [5.41, 5.74) is 0.447. The number of carbonyl (C=O) groups is 1. The third-order valence-corrected chi connectivity index (χ3v) is 1.73. The number of quaternary nitrogens is 1. The zero-order valence-corrected chi connectivity index (χ0v) is 11.6. The van der Waals surface area contributed by atoms with Crippen molar-refractivity contribution in [3.63, 3.8) is 0 Å². The second-order valence-electron chi connectivity index (χ2n) is 3.81. The minimum absolute atomic E-state index is 0. The minimum Gasteiger partial charge on any atom is -1.00 e. The van der Waals surface area contributed by atoms with E-state index >= 15 is 0 Å². The SMILES string of the molecule is C=C(C)C(=O)O[N+](C)(C)CCCC.[I-]. The largest absolute Gasteiger partial charge is 1.00 e. The Labute approximate surface area is 104 Å². The van der Waals surface area contributed by atoms with Gasteiger partial charge in [0.1, 0.15) is 20.6 Å². The van der Waals surface area contributed by atoms with Crippen LogP contribution in [0, 0.1) is 0 Å². The van der Waals surface area contributed by atoms with Gasteiger partial charge in [-0.2, -0.15) is 0 Å². The maximum Gasteiger partial charge on any atom is 0.392 e. The zero-order valence-electron chi connectivity index (χ0n) is 9.47. The molecule has 0 spiro atoms. The first-order chi connectivity index (χ1) is 5.89. The van der Waals surface area contributed by atoms with Crippen LogP contribution in [0.25, 0.3) is 0 Å². The second-order valence-corrected chi connectivity index (χ2v) is 3.81. The van der Waals surface area contributed by atoms with Crippen LogP contribution in [0.4, 0.5) is 0 Å². The minimum atomic E-state index is -0.318. The lowest BCUT2D eigenvalue weighted by atomic mass is 10.3. The van der Waals surface area contributed by atoms with Gasteiger partial charge in [-0.25, -0.2) is 4.79 Å². The van der Waals surface area contributed by atoms with Gasteiger partial charge in [0.25, 0.3) is 0 Å². The maximum atomic E-state index is 11.2. The summed E-state index contributed by atoms with van der Waals surface area (Å²) in [6.45, 7) is 8.14. The first-order valence-corrected chi connectivity index (χ1v) is 4.61. The zero-order chi connectivity index (χ0) is 10.5. The lowest BCUT2D eigenvalue weighted by Gasteiger charge is -2.25. The van der Waals surface area contributed by atoms with Crippen molar-refractivity contribution in [1.29, 1.82) is 0 Å². The summed E-state index contributed by atoms with van der Waals surface area (Å²) >= 11 is 0. The van der Waals surface area contributed by atoms with Crippen LogP contribution in [-0.4, -0.2) is 31.3 Å². The van der Waals surface area contributed by atoms with Gasteiger partial charge in [-0.1, -0.05) is 19.9 Å². The van der Waals surface area contributed by atoms with E-state index in [4.69, 9.17) is 4.84 Å². The van der Waals surface area contributed by atoms with Gasteiger partial charge in [-0.15, -0.1) is 4.65 Å². The lowest BCUT2D eigenvalue weighted by Crippen LogP contribution is -3.00. The highest BCUT2D eigenvalue weighted by atomic mass is 127. The Morgan fingerprint density at radius 2 is 1.93 bits per heavy atom. The Balaban J connectivity index is 0. The van der Waals surface area contributed by atoms with Crippen molar-refractivity contribution in [2.24, 2.45) is 0 Å². The van der Waals surface area contributed by atoms with Crippen molar-refractivity contribution < 1.29 is 38.3 Å². The summed E-state index contributed by atoms with van der Waals surface area (Å²) in [6, 6.07) is 0. The van der Waals surface area contributed by atoms with Crippen molar-refractivity contribution in [2.45, 2.75) is 26.7 Å². The van der Waals surface area contributed by atoms with Crippen molar-refractivity contribution in [3.05, 3.63) is 12.2 Å². The van der Waals surface area contributed by atoms with Crippen molar-refractivity contribution in [3.8, 4) is 0 Å². The van der Waals surface area contributed by atoms with E-state index in [1.54, 1.807) is 6.92 Å². The van der Waals surface area contributed by atoms with Crippen LogP contribution < -0.4 is 24.0 Å². The molecule has 0 saturated heterocycles. The summed E-state index contributed by atoms with van der Waals surface area (Å²) in [4.78, 5) is 16.4. The Hall–Kier alpha value is -0.100. The number of carbonyl (C=O) groups excluding carboxylic acids is 1. The predicted molar refractivity (Wildman–Crippen MR) is 52.8 cm³/mol. The average Bonchev–Trinajstić information content (AvgIpc) is 2.00. The lowest BCUT2D eigenvalue weighted by molar-refractivity contribution is -1.06. The molecule has 0 bridgehead atoms. The van der Waals surface area contributed by atoms with E-state index < -0.39 is 0 Å². The molecule has 0 amide bonds. The molecule has 84 valence electrons.